The van der Waals surface area contributed by atoms with Crippen LogP contribution in [0.5, 0.6) is 0 Å². The van der Waals surface area contributed by atoms with Crippen molar-refractivity contribution < 1.29 is 4.74 Å². The van der Waals surface area contributed by atoms with Gasteiger partial charge in [0.25, 0.3) is 0 Å². The second kappa shape index (κ2) is 6.55. The van der Waals surface area contributed by atoms with Gasteiger partial charge in [-0.05, 0) is 30.9 Å². The van der Waals surface area contributed by atoms with Crippen LogP contribution in [0.1, 0.15) is 26.2 Å². The van der Waals surface area contributed by atoms with E-state index in [2.05, 4.69) is 21.8 Å². The summed E-state index contributed by atoms with van der Waals surface area (Å²) in [6.45, 7) is 4.66. The minimum Gasteiger partial charge on any atom is -0.376 e. The second-order valence-electron chi connectivity index (χ2n) is 4.39. The third-order valence-corrected chi connectivity index (χ3v) is 3.38. The Morgan fingerprint density at radius 3 is 3.11 bits per heavy atom. The molecule has 1 aromatic rings. The quantitative estimate of drug-likeness (QED) is 0.798. The summed E-state index contributed by atoms with van der Waals surface area (Å²) in [6.07, 6.45) is 5.00. The van der Waals surface area contributed by atoms with Crippen molar-refractivity contribution in [2.24, 2.45) is 0 Å². The highest BCUT2D eigenvalue weighted by Crippen LogP contribution is 2.27. The van der Waals surface area contributed by atoms with Crippen molar-refractivity contribution in [3.05, 3.63) is 16.5 Å². The lowest BCUT2D eigenvalue weighted by atomic mass is 10.1. The van der Waals surface area contributed by atoms with Gasteiger partial charge in [-0.3, -0.25) is 0 Å². The number of hydrogen-bond acceptors (Lipinski definition) is 4. The van der Waals surface area contributed by atoms with E-state index in [0.29, 0.717) is 10.8 Å². The van der Waals surface area contributed by atoms with E-state index < -0.39 is 0 Å². The predicted octanol–water partition coefficient (Wildman–Crippen LogP) is 3.18. The Balaban J connectivity index is 2.05. The van der Waals surface area contributed by atoms with Gasteiger partial charge < -0.3 is 9.64 Å². The van der Waals surface area contributed by atoms with Gasteiger partial charge in [-0.1, -0.05) is 18.5 Å². The highest BCUT2D eigenvalue weighted by atomic mass is 35.5. The highest BCUT2D eigenvalue weighted by molar-refractivity contribution is 6.33. The van der Waals surface area contributed by atoms with Gasteiger partial charge in [0.15, 0.2) is 5.82 Å². The Labute approximate surface area is 117 Å². The summed E-state index contributed by atoms with van der Waals surface area (Å²) in [5, 5.41) is 0.765. The maximum atomic E-state index is 6.12. The predicted molar refractivity (Wildman–Crippen MR) is 73.5 cm³/mol. The standard InChI is InChI=1S/C12H17Cl2N3O/c1-2-6-18-9-4-3-5-17(8-9)11-10(13)7-15-12(14)16-11/h7,9H,2-6,8H2,1H3. The summed E-state index contributed by atoms with van der Waals surface area (Å²) >= 11 is 11.9. The zero-order chi connectivity index (χ0) is 13.0. The van der Waals surface area contributed by atoms with Crippen LogP contribution in [0.3, 0.4) is 0 Å². The van der Waals surface area contributed by atoms with Crippen molar-refractivity contribution in [2.75, 3.05) is 24.6 Å². The van der Waals surface area contributed by atoms with Crippen LogP contribution < -0.4 is 4.90 Å². The molecule has 1 saturated heterocycles. The minimum absolute atomic E-state index is 0.228. The zero-order valence-corrected chi connectivity index (χ0v) is 11.9. The molecule has 0 N–H and O–H groups in total. The molecule has 0 spiro atoms. The van der Waals surface area contributed by atoms with Crippen molar-refractivity contribution in [3.8, 4) is 0 Å². The average molecular weight is 290 g/mol. The van der Waals surface area contributed by atoms with E-state index in [1.165, 1.54) is 0 Å². The van der Waals surface area contributed by atoms with E-state index in [-0.39, 0.29) is 11.4 Å². The minimum atomic E-state index is 0.228. The average Bonchev–Trinajstić information content (AvgIpc) is 2.39. The fourth-order valence-corrected chi connectivity index (χ4v) is 2.45. The third kappa shape index (κ3) is 3.46. The summed E-state index contributed by atoms with van der Waals surface area (Å²) in [5.74, 6) is 0.710. The van der Waals surface area contributed by atoms with Gasteiger partial charge in [0.1, 0.15) is 5.02 Å². The van der Waals surface area contributed by atoms with Crippen molar-refractivity contribution in [1.82, 2.24) is 9.97 Å². The molecule has 1 aliphatic rings. The summed E-state index contributed by atoms with van der Waals surface area (Å²) in [4.78, 5) is 10.2. The summed E-state index contributed by atoms with van der Waals surface area (Å²) < 4.78 is 5.79. The number of piperidine rings is 1. The van der Waals surface area contributed by atoms with Crippen LogP contribution in [0.2, 0.25) is 10.3 Å². The van der Waals surface area contributed by atoms with Crippen LogP contribution in [0.25, 0.3) is 0 Å². The van der Waals surface area contributed by atoms with Gasteiger partial charge in [0.05, 0.1) is 12.3 Å². The Bertz CT molecular complexity index is 403. The molecule has 1 unspecified atom stereocenters. The molecule has 1 aliphatic heterocycles. The van der Waals surface area contributed by atoms with Crippen molar-refractivity contribution in [2.45, 2.75) is 32.3 Å². The number of ether oxygens (including phenoxy) is 1. The van der Waals surface area contributed by atoms with E-state index in [0.717, 1.165) is 39.0 Å². The lowest BCUT2D eigenvalue weighted by Gasteiger charge is -2.33. The largest absolute Gasteiger partial charge is 0.376 e. The Morgan fingerprint density at radius 1 is 1.50 bits per heavy atom. The van der Waals surface area contributed by atoms with E-state index in [1.54, 1.807) is 6.20 Å². The first-order valence-electron chi connectivity index (χ1n) is 6.25. The zero-order valence-electron chi connectivity index (χ0n) is 10.4. The Kier molecular flexibility index (Phi) is 5.03. The molecule has 0 amide bonds. The molecule has 2 rings (SSSR count). The summed E-state index contributed by atoms with van der Waals surface area (Å²) in [5.41, 5.74) is 0. The molecule has 100 valence electrons. The normalized spacial score (nSPS) is 20.2. The molecule has 0 aliphatic carbocycles. The molecule has 0 saturated carbocycles. The molecule has 18 heavy (non-hydrogen) atoms. The fraction of sp³-hybridized carbons (Fsp3) is 0.667. The third-order valence-electron chi connectivity index (χ3n) is 2.93. The van der Waals surface area contributed by atoms with E-state index >= 15 is 0 Å². The van der Waals surface area contributed by atoms with Crippen LogP contribution >= 0.6 is 23.2 Å². The molecule has 0 aromatic carbocycles. The van der Waals surface area contributed by atoms with Crippen LogP contribution in [-0.4, -0.2) is 35.8 Å². The van der Waals surface area contributed by atoms with E-state index in [1.807, 2.05) is 0 Å². The van der Waals surface area contributed by atoms with Gasteiger partial charge >= 0.3 is 0 Å². The van der Waals surface area contributed by atoms with Crippen LogP contribution in [0.4, 0.5) is 5.82 Å². The molecule has 1 fully saturated rings. The van der Waals surface area contributed by atoms with Crippen LogP contribution in [0.15, 0.2) is 6.20 Å². The maximum absolute atomic E-state index is 6.12. The summed E-state index contributed by atoms with van der Waals surface area (Å²) in [7, 11) is 0. The molecule has 0 radical (unpaired) electrons. The molecule has 4 nitrogen and oxygen atoms in total. The van der Waals surface area contributed by atoms with Crippen molar-refractivity contribution >= 4 is 29.0 Å². The molecular weight excluding hydrogens is 273 g/mol. The highest BCUT2D eigenvalue weighted by Gasteiger charge is 2.23. The lowest BCUT2D eigenvalue weighted by molar-refractivity contribution is 0.0439. The number of anilines is 1. The Hall–Kier alpha value is -0.580. The molecule has 1 aromatic heterocycles. The second-order valence-corrected chi connectivity index (χ2v) is 5.14. The van der Waals surface area contributed by atoms with E-state index in [9.17, 15) is 0 Å². The molecule has 6 heteroatoms. The topological polar surface area (TPSA) is 38.2 Å². The molecule has 2 heterocycles. The van der Waals surface area contributed by atoms with Gasteiger partial charge in [0, 0.05) is 19.7 Å². The van der Waals surface area contributed by atoms with Gasteiger partial charge in [-0.15, -0.1) is 0 Å². The monoisotopic (exact) mass is 289 g/mol. The molecule has 0 bridgehead atoms. The molecular formula is C12H17Cl2N3O. The molecule has 1 atom stereocenters. The van der Waals surface area contributed by atoms with Crippen LogP contribution in [0, 0.1) is 0 Å². The number of aromatic nitrogens is 2. The Morgan fingerprint density at radius 2 is 2.33 bits per heavy atom. The van der Waals surface area contributed by atoms with Crippen molar-refractivity contribution in [3.63, 3.8) is 0 Å². The van der Waals surface area contributed by atoms with Crippen LogP contribution in [-0.2, 0) is 4.74 Å². The first kappa shape index (κ1) is 13.8. The lowest BCUT2D eigenvalue weighted by Crippen LogP contribution is -2.40. The van der Waals surface area contributed by atoms with Gasteiger partial charge in [0.2, 0.25) is 5.28 Å². The first-order chi connectivity index (χ1) is 8.70. The van der Waals surface area contributed by atoms with Gasteiger partial charge in [-0.25, -0.2) is 4.98 Å². The number of nitrogens with zero attached hydrogens (tertiary/aromatic N) is 3. The maximum Gasteiger partial charge on any atom is 0.224 e. The smallest absolute Gasteiger partial charge is 0.224 e. The SMILES string of the molecule is CCCOC1CCCN(c2nc(Cl)ncc2Cl)C1. The number of hydrogen-bond donors (Lipinski definition) is 0. The number of rotatable bonds is 4. The fourth-order valence-electron chi connectivity index (χ4n) is 2.11. The first-order valence-corrected chi connectivity index (χ1v) is 7.01. The number of halogens is 2. The van der Waals surface area contributed by atoms with Crippen molar-refractivity contribution in [1.29, 1.82) is 0 Å². The van der Waals surface area contributed by atoms with Gasteiger partial charge in [-0.2, -0.15) is 4.98 Å². The summed E-state index contributed by atoms with van der Waals surface area (Å²) in [6, 6.07) is 0. The van der Waals surface area contributed by atoms with E-state index in [4.69, 9.17) is 27.9 Å².